The Morgan fingerprint density at radius 2 is 2.06 bits per heavy atom. The first-order valence-electron chi connectivity index (χ1n) is 4.46. The summed E-state index contributed by atoms with van der Waals surface area (Å²) in [7, 11) is 0.244. The van der Waals surface area contributed by atoms with Gasteiger partial charge in [0.1, 0.15) is 21.0 Å². The molecule has 6 heteroatoms. The Hall–Kier alpha value is -1.79. The van der Waals surface area contributed by atoms with E-state index in [0.29, 0.717) is 5.33 Å². The summed E-state index contributed by atoms with van der Waals surface area (Å²) in [6.07, 6.45) is 0. The van der Waals surface area contributed by atoms with E-state index in [1.54, 1.807) is 17.8 Å². The Morgan fingerprint density at radius 1 is 1.38 bits per heavy atom. The number of benzene rings is 1. The molecule has 2 N–H and O–H groups in total. The van der Waals surface area contributed by atoms with Gasteiger partial charge in [-0.25, -0.2) is 9.87 Å². The van der Waals surface area contributed by atoms with Crippen LogP contribution in [0, 0.1) is 5.82 Å². The lowest BCUT2D eigenvalue weighted by Gasteiger charge is -1.99. The molecule has 1 aromatic carbocycles. The fourth-order valence-corrected chi connectivity index (χ4v) is 2.24. The van der Waals surface area contributed by atoms with Crippen molar-refractivity contribution in [2.24, 2.45) is 4.99 Å². The van der Waals surface area contributed by atoms with E-state index in [9.17, 15) is 9.18 Å². The van der Waals surface area contributed by atoms with Gasteiger partial charge in [0, 0.05) is 5.33 Å². The number of aliphatic imine (C=N–C) groups is 1. The third kappa shape index (κ3) is 2.07. The molecular weight excluding hydrogens is 227 g/mol. The van der Waals surface area contributed by atoms with Crippen LogP contribution in [0.15, 0.2) is 40.7 Å². The van der Waals surface area contributed by atoms with Crippen LogP contribution in [0.3, 0.4) is 0 Å². The maximum absolute atomic E-state index is 12.7. The summed E-state index contributed by atoms with van der Waals surface area (Å²) in [6.45, 7) is 0. The molecule has 4 nitrogen and oxygen atoms in total. The normalized spacial score (nSPS) is 14.4. The topological polar surface area (TPSA) is 61.7 Å². The molecule has 0 aromatic heterocycles. The lowest BCUT2D eigenvalue weighted by molar-refractivity contribution is -0.125. The van der Waals surface area contributed by atoms with E-state index in [-0.39, 0.29) is 21.0 Å². The van der Waals surface area contributed by atoms with Crippen LogP contribution < -0.4 is 5.48 Å². The van der Waals surface area contributed by atoms with Gasteiger partial charge >= 0.3 is 0 Å². The predicted octanol–water partition coefficient (Wildman–Crippen LogP) is 0.637. The summed E-state index contributed by atoms with van der Waals surface area (Å²) in [6, 6.07) is 5.89. The fraction of sp³-hybridized carbons (Fsp3) is 0. The van der Waals surface area contributed by atoms with Crippen LogP contribution in [0.2, 0.25) is 0 Å². The minimum Gasteiger partial charge on any atom is -0.288 e. The highest BCUT2D eigenvalue weighted by molar-refractivity contribution is 6.84. The van der Waals surface area contributed by atoms with Gasteiger partial charge in [0.25, 0.3) is 5.91 Å². The lowest BCUT2D eigenvalue weighted by Crippen LogP contribution is -2.19. The first-order chi connectivity index (χ1) is 7.70. The fourth-order valence-electron chi connectivity index (χ4n) is 1.25. The molecule has 0 aliphatic carbocycles. The highest BCUT2D eigenvalue weighted by Crippen LogP contribution is 2.11. The monoisotopic (exact) mass is 234 g/mol. The summed E-state index contributed by atoms with van der Waals surface area (Å²) in [5.74, 6) is -0.948. The van der Waals surface area contributed by atoms with Crippen molar-refractivity contribution in [2.45, 2.75) is 0 Å². The number of hydrogen-bond acceptors (Lipinski definition) is 3. The molecule has 0 saturated heterocycles. The first kappa shape index (κ1) is 10.7. The van der Waals surface area contributed by atoms with Crippen molar-refractivity contribution in [1.82, 2.24) is 5.48 Å². The molecule has 0 fully saturated rings. The Labute approximate surface area is 93.3 Å². The van der Waals surface area contributed by atoms with E-state index in [1.807, 2.05) is 0 Å². The van der Waals surface area contributed by atoms with Gasteiger partial charge < -0.3 is 0 Å². The van der Waals surface area contributed by atoms with E-state index in [2.05, 4.69) is 4.99 Å². The summed E-state index contributed by atoms with van der Waals surface area (Å²) in [5.41, 5.74) is 4.10. The number of hydroxylamine groups is 1. The van der Waals surface area contributed by atoms with Gasteiger partial charge in [-0.3, -0.25) is 15.0 Å². The number of rotatable bonds is 2. The van der Waals surface area contributed by atoms with E-state index >= 15 is 0 Å². The van der Waals surface area contributed by atoms with Gasteiger partial charge in [-0.05, 0) is 17.7 Å². The van der Waals surface area contributed by atoms with Crippen molar-refractivity contribution in [1.29, 1.82) is 0 Å². The molecule has 0 bridgehead atoms. The van der Waals surface area contributed by atoms with Gasteiger partial charge in [-0.1, -0.05) is 17.8 Å². The number of carbonyl (C=O) groups is 1. The van der Waals surface area contributed by atoms with Crippen molar-refractivity contribution in [3.63, 3.8) is 0 Å². The van der Waals surface area contributed by atoms with Crippen molar-refractivity contribution in [3.8, 4) is 0 Å². The Balaban J connectivity index is 2.21. The second kappa shape index (κ2) is 4.38. The highest BCUT2D eigenvalue weighted by Gasteiger charge is 2.16. The SMILES string of the molecule is O=C(NO)C1=C[Si]C(c2ccc(F)cc2)=N1. The van der Waals surface area contributed by atoms with E-state index in [1.165, 1.54) is 17.6 Å². The third-order valence-electron chi connectivity index (χ3n) is 2.03. The molecule has 0 saturated carbocycles. The molecule has 2 rings (SSSR count). The van der Waals surface area contributed by atoms with Crippen LogP contribution in [0.1, 0.15) is 5.56 Å². The van der Waals surface area contributed by atoms with Crippen LogP contribution in [0.4, 0.5) is 4.39 Å². The molecule has 2 radical (unpaired) electrons. The molecule has 80 valence electrons. The number of nitrogens with one attached hydrogen (secondary N) is 1. The smallest absolute Gasteiger partial charge is 0.288 e. The number of nitrogens with zero attached hydrogens (tertiary/aromatic N) is 1. The minimum atomic E-state index is -0.635. The molecule has 1 amide bonds. The maximum Gasteiger partial charge on any atom is 0.292 e. The molecule has 0 unspecified atom stereocenters. The number of carbonyl (C=O) groups excluding carboxylic acids is 1. The lowest BCUT2D eigenvalue weighted by atomic mass is 10.2. The van der Waals surface area contributed by atoms with Crippen molar-refractivity contribution < 1.29 is 14.4 Å². The Bertz CT molecular complexity index is 482. The van der Waals surface area contributed by atoms with Crippen LogP contribution in [0.5, 0.6) is 0 Å². The quantitative estimate of drug-likeness (QED) is 0.448. The summed E-state index contributed by atoms with van der Waals surface area (Å²) >= 11 is 0. The van der Waals surface area contributed by atoms with Crippen LogP contribution in [-0.4, -0.2) is 26.0 Å². The average molecular weight is 234 g/mol. The van der Waals surface area contributed by atoms with E-state index in [0.717, 1.165) is 5.56 Å². The summed E-state index contributed by atoms with van der Waals surface area (Å²) < 4.78 is 12.7. The summed E-state index contributed by atoms with van der Waals surface area (Å²) in [4.78, 5) is 15.1. The zero-order valence-corrected chi connectivity index (χ0v) is 9.07. The van der Waals surface area contributed by atoms with Crippen LogP contribution in [-0.2, 0) is 4.79 Å². The Kier molecular flexibility index (Phi) is 2.93. The molecule has 1 aromatic rings. The molecule has 0 atom stereocenters. The van der Waals surface area contributed by atoms with Crippen LogP contribution in [0.25, 0.3) is 0 Å². The van der Waals surface area contributed by atoms with Crippen molar-refractivity contribution in [2.75, 3.05) is 0 Å². The van der Waals surface area contributed by atoms with E-state index in [4.69, 9.17) is 5.21 Å². The molecule has 1 aliphatic heterocycles. The summed E-state index contributed by atoms with van der Waals surface area (Å²) in [5, 5.41) is 9.14. The van der Waals surface area contributed by atoms with Gasteiger partial charge in [-0.15, -0.1) is 0 Å². The zero-order valence-electron chi connectivity index (χ0n) is 8.07. The van der Waals surface area contributed by atoms with Gasteiger partial charge in [0.15, 0.2) is 0 Å². The average Bonchev–Trinajstić information content (AvgIpc) is 2.78. The number of hydrogen-bond donors (Lipinski definition) is 2. The van der Waals surface area contributed by atoms with E-state index < -0.39 is 5.91 Å². The minimum absolute atomic E-state index is 0.181. The van der Waals surface area contributed by atoms with Crippen molar-refractivity contribution in [3.05, 3.63) is 47.0 Å². The second-order valence-electron chi connectivity index (χ2n) is 3.08. The van der Waals surface area contributed by atoms with Gasteiger partial charge in [0.2, 0.25) is 0 Å². The largest absolute Gasteiger partial charge is 0.292 e. The third-order valence-corrected chi connectivity index (χ3v) is 3.12. The Morgan fingerprint density at radius 3 is 2.69 bits per heavy atom. The zero-order chi connectivity index (χ0) is 11.5. The van der Waals surface area contributed by atoms with Gasteiger partial charge in [-0.2, -0.15) is 0 Å². The molecule has 0 spiro atoms. The number of amides is 1. The predicted molar refractivity (Wildman–Crippen MR) is 56.7 cm³/mol. The molecule has 16 heavy (non-hydrogen) atoms. The molecule has 1 heterocycles. The molecule has 1 aliphatic rings. The van der Waals surface area contributed by atoms with Crippen molar-refractivity contribution >= 4 is 20.8 Å². The molecular formula is C10H7FN2O2Si. The highest BCUT2D eigenvalue weighted by atomic mass is 28.2. The van der Waals surface area contributed by atoms with Gasteiger partial charge in [0.05, 0.1) is 0 Å². The number of halogens is 1. The second-order valence-corrected chi connectivity index (χ2v) is 4.13. The van der Waals surface area contributed by atoms with Crippen LogP contribution >= 0.6 is 0 Å². The standard InChI is InChI=1S/C10H7FN2O2Si/c11-7-3-1-6(2-4-7)10-12-8(5-16-10)9(14)13-15/h1-5,15H,(H,13,14). The maximum atomic E-state index is 12.7. The first-order valence-corrected chi connectivity index (χ1v) is 5.54.